The van der Waals surface area contributed by atoms with Crippen molar-refractivity contribution in [2.75, 3.05) is 7.11 Å². The highest BCUT2D eigenvalue weighted by atomic mass is 35.5. The lowest BCUT2D eigenvalue weighted by Gasteiger charge is -2.32. The largest absolute Gasteiger partial charge is 0.496 e. The van der Waals surface area contributed by atoms with E-state index in [4.69, 9.17) is 20.8 Å². The highest BCUT2D eigenvalue weighted by Crippen LogP contribution is 2.31. The predicted octanol–water partition coefficient (Wildman–Crippen LogP) is 4.27. The maximum absolute atomic E-state index is 12.4. The molecule has 0 saturated heterocycles. The van der Waals surface area contributed by atoms with E-state index in [1.165, 1.54) is 0 Å². The first-order chi connectivity index (χ1) is 10.3. The minimum Gasteiger partial charge on any atom is -0.496 e. The van der Waals surface area contributed by atoms with E-state index in [0.29, 0.717) is 12.8 Å². The van der Waals surface area contributed by atoms with Crippen LogP contribution in [0.2, 0.25) is 19.6 Å². The van der Waals surface area contributed by atoms with Gasteiger partial charge in [0.2, 0.25) is 0 Å². The normalized spacial score (nSPS) is 24.6. The van der Waals surface area contributed by atoms with E-state index in [0.717, 1.165) is 16.9 Å². The molecule has 0 radical (unpaired) electrons. The van der Waals surface area contributed by atoms with Crippen LogP contribution in [-0.2, 0) is 9.22 Å². The van der Waals surface area contributed by atoms with Gasteiger partial charge in [0.1, 0.15) is 5.75 Å². The Hall–Kier alpha value is -1.10. The molecule has 0 bridgehead atoms. The molecule has 1 aliphatic rings. The zero-order valence-electron chi connectivity index (χ0n) is 13.6. The summed E-state index contributed by atoms with van der Waals surface area (Å²) in [7, 11) is -0.0310. The first kappa shape index (κ1) is 17.3. The van der Waals surface area contributed by atoms with Gasteiger partial charge >= 0.3 is 0 Å². The number of alkyl halides is 1. The van der Waals surface area contributed by atoms with Gasteiger partial charge in [0.05, 0.1) is 18.6 Å². The maximum Gasteiger partial charge on any atom is 0.184 e. The van der Waals surface area contributed by atoms with Gasteiger partial charge in [0.25, 0.3) is 0 Å². The Kier molecular flexibility index (Phi) is 5.48. The molecule has 1 aromatic rings. The molecule has 0 amide bonds. The van der Waals surface area contributed by atoms with Gasteiger partial charge in [-0.2, -0.15) is 0 Å². The van der Waals surface area contributed by atoms with Crippen LogP contribution >= 0.6 is 11.6 Å². The molecule has 120 valence electrons. The number of hydrogen-bond acceptors (Lipinski definition) is 3. The van der Waals surface area contributed by atoms with Crippen LogP contribution in [0.3, 0.4) is 0 Å². The molecule has 1 fully saturated rings. The Bertz CT molecular complexity index is 578. The molecular formula is C17H23ClO3Si. The summed E-state index contributed by atoms with van der Waals surface area (Å²) in [6, 6.07) is 7.65. The number of para-hydroxylation sites is 1. The minimum atomic E-state index is -1.66. The second-order valence-corrected chi connectivity index (χ2v) is 11.5. The molecule has 0 spiro atoms. The first-order valence-corrected chi connectivity index (χ1v) is 11.3. The number of rotatable bonds is 4. The van der Waals surface area contributed by atoms with Gasteiger partial charge in [-0.1, -0.05) is 18.2 Å². The number of halogens is 1. The van der Waals surface area contributed by atoms with E-state index in [1.54, 1.807) is 7.11 Å². The van der Waals surface area contributed by atoms with E-state index < -0.39 is 13.7 Å². The number of benzene rings is 1. The molecule has 1 aliphatic carbocycles. The summed E-state index contributed by atoms with van der Waals surface area (Å²) in [5, 5.41) is -0.504. The van der Waals surface area contributed by atoms with Crippen LogP contribution in [0.25, 0.3) is 6.08 Å². The zero-order chi connectivity index (χ0) is 16.3. The quantitative estimate of drug-likeness (QED) is 0.467. The number of hydrogen-bond donors (Lipinski definition) is 0. The van der Waals surface area contributed by atoms with Crippen molar-refractivity contribution in [2.24, 2.45) is 0 Å². The topological polar surface area (TPSA) is 35.5 Å². The molecule has 2 atom stereocenters. The van der Waals surface area contributed by atoms with Gasteiger partial charge in [-0.25, -0.2) is 0 Å². The summed E-state index contributed by atoms with van der Waals surface area (Å²) in [6.45, 7) is 6.45. The van der Waals surface area contributed by atoms with Crippen molar-refractivity contribution in [1.82, 2.24) is 0 Å². The lowest BCUT2D eigenvalue weighted by molar-refractivity contribution is -0.117. The average Bonchev–Trinajstić information content (AvgIpc) is 2.43. The van der Waals surface area contributed by atoms with E-state index in [1.807, 2.05) is 30.3 Å². The molecule has 2 unspecified atom stereocenters. The van der Waals surface area contributed by atoms with Crippen molar-refractivity contribution in [1.29, 1.82) is 0 Å². The summed E-state index contributed by atoms with van der Waals surface area (Å²) in [4.78, 5) is 12.4. The Morgan fingerprint density at radius 3 is 2.59 bits per heavy atom. The predicted molar refractivity (Wildman–Crippen MR) is 93.1 cm³/mol. The smallest absolute Gasteiger partial charge is 0.184 e. The van der Waals surface area contributed by atoms with Gasteiger partial charge < -0.3 is 9.16 Å². The Labute approximate surface area is 138 Å². The van der Waals surface area contributed by atoms with Crippen LogP contribution in [0.4, 0.5) is 0 Å². The van der Waals surface area contributed by atoms with Crippen molar-refractivity contribution in [3.8, 4) is 5.75 Å². The second kappa shape index (κ2) is 6.98. The van der Waals surface area contributed by atoms with Gasteiger partial charge in [-0.05, 0) is 43.8 Å². The molecule has 0 N–H and O–H groups in total. The molecule has 1 saturated carbocycles. The van der Waals surface area contributed by atoms with Crippen LogP contribution in [0.15, 0.2) is 29.8 Å². The number of carbonyl (C=O) groups excluding carboxylic acids is 1. The van der Waals surface area contributed by atoms with Crippen molar-refractivity contribution >= 4 is 31.8 Å². The average molecular weight is 339 g/mol. The molecule has 0 heterocycles. The Balaban J connectivity index is 2.27. The SMILES string of the molecule is COc1ccccc1C=C1CC(O[Si](C)(C)C)CC(Cl)C1=O. The van der Waals surface area contributed by atoms with E-state index in [9.17, 15) is 4.79 Å². The monoisotopic (exact) mass is 338 g/mol. The summed E-state index contributed by atoms with van der Waals surface area (Å²) >= 11 is 6.24. The van der Waals surface area contributed by atoms with Gasteiger partial charge in [0, 0.05) is 12.0 Å². The fourth-order valence-electron chi connectivity index (χ4n) is 2.66. The summed E-state index contributed by atoms with van der Waals surface area (Å²) in [5.74, 6) is 0.755. The van der Waals surface area contributed by atoms with E-state index >= 15 is 0 Å². The van der Waals surface area contributed by atoms with Crippen LogP contribution in [0, 0.1) is 0 Å². The van der Waals surface area contributed by atoms with Crippen LogP contribution in [0.1, 0.15) is 18.4 Å². The van der Waals surface area contributed by atoms with Gasteiger partial charge in [0.15, 0.2) is 14.1 Å². The number of ketones is 1. The molecule has 0 aliphatic heterocycles. The Morgan fingerprint density at radius 2 is 1.95 bits per heavy atom. The second-order valence-electron chi connectivity index (χ2n) is 6.54. The van der Waals surface area contributed by atoms with Crippen molar-refractivity contribution in [2.45, 2.75) is 44.0 Å². The van der Waals surface area contributed by atoms with Crippen molar-refractivity contribution in [3.63, 3.8) is 0 Å². The molecule has 1 aromatic carbocycles. The molecule has 5 heteroatoms. The number of Topliss-reactive ketones (excluding diaryl/α,β-unsaturated/α-hetero) is 1. The van der Waals surface area contributed by atoms with Crippen LogP contribution in [-0.4, -0.2) is 32.7 Å². The maximum atomic E-state index is 12.4. The van der Waals surface area contributed by atoms with Crippen molar-refractivity contribution < 1.29 is 14.0 Å². The summed E-state index contributed by atoms with van der Waals surface area (Å²) in [6.07, 6.45) is 3.11. The summed E-state index contributed by atoms with van der Waals surface area (Å²) in [5.41, 5.74) is 1.62. The number of ether oxygens (including phenoxy) is 1. The third kappa shape index (κ3) is 4.45. The van der Waals surface area contributed by atoms with Gasteiger partial charge in [-0.15, -0.1) is 11.6 Å². The molecular weight excluding hydrogens is 316 g/mol. The minimum absolute atomic E-state index is 0.00278. The van der Waals surface area contributed by atoms with Gasteiger partial charge in [-0.3, -0.25) is 4.79 Å². The third-order valence-corrected chi connectivity index (χ3v) is 4.92. The summed E-state index contributed by atoms with van der Waals surface area (Å²) < 4.78 is 11.5. The molecule has 3 nitrogen and oxygen atoms in total. The van der Waals surface area contributed by atoms with E-state index in [-0.39, 0.29) is 11.9 Å². The molecule has 2 rings (SSSR count). The first-order valence-electron chi connectivity index (χ1n) is 7.50. The zero-order valence-corrected chi connectivity index (χ0v) is 15.3. The van der Waals surface area contributed by atoms with Crippen molar-refractivity contribution in [3.05, 3.63) is 35.4 Å². The van der Waals surface area contributed by atoms with Crippen LogP contribution in [0.5, 0.6) is 5.75 Å². The molecule has 0 aromatic heterocycles. The van der Waals surface area contributed by atoms with E-state index in [2.05, 4.69) is 19.6 Å². The highest BCUT2D eigenvalue weighted by molar-refractivity contribution is 6.69. The lowest BCUT2D eigenvalue weighted by atomic mass is 9.89. The fourth-order valence-corrected chi connectivity index (χ4v) is 4.18. The Morgan fingerprint density at radius 1 is 1.27 bits per heavy atom. The number of carbonyl (C=O) groups is 1. The molecule has 22 heavy (non-hydrogen) atoms. The highest BCUT2D eigenvalue weighted by Gasteiger charge is 2.34. The standard InChI is InChI=1S/C17H23ClO3Si/c1-20-16-8-6-5-7-12(16)9-13-10-14(21-22(2,3)4)11-15(18)17(13)19/h5-9,14-15H,10-11H2,1-4H3. The lowest BCUT2D eigenvalue weighted by Crippen LogP contribution is -2.39. The number of methoxy groups -OCH3 is 1. The fraction of sp³-hybridized carbons (Fsp3) is 0.471. The van der Waals surface area contributed by atoms with Crippen LogP contribution < -0.4 is 4.74 Å². The third-order valence-electron chi connectivity index (χ3n) is 3.51.